The molecule has 0 fully saturated rings. The van der Waals surface area contributed by atoms with Gasteiger partial charge in [0.25, 0.3) is 5.91 Å². The number of carbonyl (C=O) groups excluding carboxylic acids is 1. The lowest BCUT2D eigenvalue weighted by Gasteiger charge is -2.05. The molecule has 2 rings (SSSR count). The van der Waals surface area contributed by atoms with E-state index in [2.05, 4.69) is 10.3 Å². The maximum atomic E-state index is 11.9. The van der Waals surface area contributed by atoms with Crippen LogP contribution in [0.5, 0.6) is 0 Å². The number of carbonyl (C=O) groups is 1. The van der Waals surface area contributed by atoms with Crippen LogP contribution in [0, 0.1) is 13.8 Å². The maximum Gasteiger partial charge on any atom is 0.257 e. The van der Waals surface area contributed by atoms with Gasteiger partial charge in [0, 0.05) is 17.6 Å². The van der Waals surface area contributed by atoms with Gasteiger partial charge in [-0.2, -0.15) is 0 Å². The van der Waals surface area contributed by atoms with Gasteiger partial charge in [-0.1, -0.05) is 12.1 Å². The molecule has 2 aromatic rings. The highest BCUT2D eigenvalue weighted by Gasteiger charge is 2.09. The van der Waals surface area contributed by atoms with Gasteiger partial charge in [0.1, 0.15) is 0 Å². The Balaban J connectivity index is 2.17. The summed E-state index contributed by atoms with van der Waals surface area (Å²) in [6, 6.07) is 9.53. The summed E-state index contributed by atoms with van der Waals surface area (Å²) in [5, 5.41) is 2.87. The number of hydrogen-bond acceptors (Lipinski definition) is 1. The Bertz CT molecular complexity index is 514. The third kappa shape index (κ3) is 2.14. The predicted octanol–water partition coefficient (Wildman–Crippen LogP) is 2.88. The third-order valence-corrected chi connectivity index (χ3v) is 2.47. The molecule has 1 aromatic heterocycles. The van der Waals surface area contributed by atoms with E-state index >= 15 is 0 Å². The van der Waals surface area contributed by atoms with Crippen molar-refractivity contribution < 1.29 is 4.79 Å². The monoisotopic (exact) mass is 214 g/mol. The second-order valence-corrected chi connectivity index (χ2v) is 3.84. The van der Waals surface area contributed by atoms with Gasteiger partial charge in [0.2, 0.25) is 0 Å². The molecule has 82 valence electrons. The average molecular weight is 214 g/mol. The van der Waals surface area contributed by atoms with Crippen LogP contribution < -0.4 is 5.32 Å². The number of rotatable bonds is 2. The third-order valence-electron chi connectivity index (χ3n) is 2.47. The van der Waals surface area contributed by atoms with E-state index in [9.17, 15) is 4.79 Å². The van der Waals surface area contributed by atoms with Gasteiger partial charge in [0.05, 0.1) is 5.56 Å². The summed E-state index contributed by atoms with van der Waals surface area (Å²) in [6.45, 7) is 3.88. The number of nitrogens with one attached hydrogen (secondary N) is 2. The summed E-state index contributed by atoms with van der Waals surface area (Å²) in [6.07, 6.45) is 1.76. The molecule has 0 aliphatic heterocycles. The van der Waals surface area contributed by atoms with E-state index in [1.165, 1.54) is 0 Å². The van der Waals surface area contributed by atoms with E-state index in [0.29, 0.717) is 5.56 Å². The standard InChI is InChI=1S/C13H14N2O/c1-9-4-3-5-11(8-9)15-13(16)12-6-7-14-10(12)2/h3-8,14H,1-2H3,(H,15,16). The van der Waals surface area contributed by atoms with Crippen molar-refractivity contribution in [1.82, 2.24) is 4.98 Å². The van der Waals surface area contributed by atoms with Gasteiger partial charge < -0.3 is 10.3 Å². The fraction of sp³-hybridized carbons (Fsp3) is 0.154. The smallest absolute Gasteiger partial charge is 0.257 e. The van der Waals surface area contributed by atoms with E-state index in [1.807, 2.05) is 38.1 Å². The Morgan fingerprint density at radius 3 is 2.69 bits per heavy atom. The molecule has 0 spiro atoms. The van der Waals surface area contributed by atoms with Crippen LogP contribution in [0.25, 0.3) is 0 Å². The maximum absolute atomic E-state index is 11.9. The molecule has 0 atom stereocenters. The van der Waals surface area contributed by atoms with Crippen LogP contribution in [0.2, 0.25) is 0 Å². The van der Waals surface area contributed by atoms with Crippen molar-refractivity contribution in [3.63, 3.8) is 0 Å². The van der Waals surface area contributed by atoms with E-state index in [-0.39, 0.29) is 5.91 Å². The van der Waals surface area contributed by atoms with Crippen molar-refractivity contribution in [3.8, 4) is 0 Å². The van der Waals surface area contributed by atoms with Crippen molar-refractivity contribution >= 4 is 11.6 Å². The first-order chi connectivity index (χ1) is 7.66. The van der Waals surface area contributed by atoms with Crippen molar-refractivity contribution in [1.29, 1.82) is 0 Å². The Kier molecular flexibility index (Phi) is 2.77. The lowest BCUT2D eigenvalue weighted by atomic mass is 10.2. The van der Waals surface area contributed by atoms with Crippen LogP contribution in [0.1, 0.15) is 21.6 Å². The molecular weight excluding hydrogens is 200 g/mol. The molecule has 3 heteroatoms. The Hall–Kier alpha value is -2.03. The minimum Gasteiger partial charge on any atom is -0.365 e. The number of amides is 1. The fourth-order valence-corrected chi connectivity index (χ4v) is 1.62. The zero-order valence-corrected chi connectivity index (χ0v) is 9.37. The van der Waals surface area contributed by atoms with Crippen LogP contribution in [-0.4, -0.2) is 10.9 Å². The summed E-state index contributed by atoms with van der Waals surface area (Å²) < 4.78 is 0. The second-order valence-electron chi connectivity index (χ2n) is 3.84. The molecule has 1 aromatic carbocycles. The number of H-pyrrole nitrogens is 1. The Morgan fingerprint density at radius 2 is 2.06 bits per heavy atom. The zero-order chi connectivity index (χ0) is 11.5. The van der Waals surface area contributed by atoms with E-state index < -0.39 is 0 Å². The summed E-state index contributed by atoms with van der Waals surface area (Å²) in [4.78, 5) is 14.9. The first-order valence-electron chi connectivity index (χ1n) is 5.19. The summed E-state index contributed by atoms with van der Waals surface area (Å²) >= 11 is 0. The van der Waals surface area contributed by atoms with Gasteiger partial charge in [0.15, 0.2) is 0 Å². The Labute approximate surface area is 94.5 Å². The number of benzene rings is 1. The normalized spacial score (nSPS) is 10.1. The number of anilines is 1. The van der Waals surface area contributed by atoms with Crippen molar-refractivity contribution in [2.75, 3.05) is 5.32 Å². The van der Waals surface area contributed by atoms with Crippen LogP contribution in [0.4, 0.5) is 5.69 Å². The summed E-state index contributed by atoms with van der Waals surface area (Å²) in [7, 11) is 0. The van der Waals surface area contributed by atoms with Crippen LogP contribution in [-0.2, 0) is 0 Å². The van der Waals surface area contributed by atoms with Crippen LogP contribution in [0.15, 0.2) is 36.5 Å². The van der Waals surface area contributed by atoms with Crippen molar-refractivity contribution in [2.45, 2.75) is 13.8 Å². The van der Waals surface area contributed by atoms with Gasteiger partial charge in [-0.25, -0.2) is 0 Å². The molecule has 0 unspecified atom stereocenters. The minimum absolute atomic E-state index is 0.0793. The lowest BCUT2D eigenvalue weighted by molar-refractivity contribution is 0.102. The molecule has 2 N–H and O–H groups in total. The highest BCUT2D eigenvalue weighted by Crippen LogP contribution is 2.12. The SMILES string of the molecule is Cc1cccc(NC(=O)c2cc[nH]c2C)c1. The average Bonchev–Trinajstić information content (AvgIpc) is 2.64. The molecule has 0 saturated carbocycles. The minimum atomic E-state index is -0.0793. The molecule has 1 heterocycles. The number of aromatic nitrogens is 1. The molecule has 0 radical (unpaired) electrons. The van der Waals surface area contributed by atoms with Crippen LogP contribution >= 0.6 is 0 Å². The highest BCUT2D eigenvalue weighted by atomic mass is 16.1. The topological polar surface area (TPSA) is 44.9 Å². The number of hydrogen-bond donors (Lipinski definition) is 2. The zero-order valence-electron chi connectivity index (χ0n) is 9.37. The molecule has 16 heavy (non-hydrogen) atoms. The highest BCUT2D eigenvalue weighted by molar-refractivity contribution is 6.05. The molecular formula is C13H14N2O. The molecule has 0 bridgehead atoms. The molecule has 0 aliphatic rings. The predicted molar refractivity (Wildman–Crippen MR) is 64.7 cm³/mol. The Morgan fingerprint density at radius 1 is 1.25 bits per heavy atom. The van der Waals surface area contributed by atoms with Gasteiger partial charge in [-0.05, 0) is 37.6 Å². The van der Waals surface area contributed by atoms with E-state index in [1.54, 1.807) is 12.3 Å². The van der Waals surface area contributed by atoms with E-state index in [4.69, 9.17) is 0 Å². The van der Waals surface area contributed by atoms with Gasteiger partial charge in [-0.15, -0.1) is 0 Å². The summed E-state index contributed by atoms with van der Waals surface area (Å²) in [5.41, 5.74) is 3.51. The first kappa shape index (κ1) is 10.5. The van der Waals surface area contributed by atoms with E-state index in [0.717, 1.165) is 16.9 Å². The second kappa shape index (κ2) is 4.23. The fourth-order valence-electron chi connectivity index (χ4n) is 1.62. The quantitative estimate of drug-likeness (QED) is 0.793. The van der Waals surface area contributed by atoms with Crippen LogP contribution in [0.3, 0.4) is 0 Å². The molecule has 0 aliphatic carbocycles. The number of aromatic amines is 1. The van der Waals surface area contributed by atoms with Crippen molar-refractivity contribution in [2.24, 2.45) is 0 Å². The lowest BCUT2D eigenvalue weighted by Crippen LogP contribution is -2.12. The van der Waals surface area contributed by atoms with Gasteiger partial charge in [-0.3, -0.25) is 4.79 Å². The molecule has 0 saturated heterocycles. The van der Waals surface area contributed by atoms with Crippen molar-refractivity contribution in [3.05, 3.63) is 53.3 Å². The van der Waals surface area contributed by atoms with Gasteiger partial charge >= 0.3 is 0 Å². The summed E-state index contributed by atoms with van der Waals surface area (Å²) in [5.74, 6) is -0.0793. The number of aryl methyl sites for hydroxylation is 2. The molecule has 3 nitrogen and oxygen atoms in total. The molecule has 1 amide bonds. The first-order valence-corrected chi connectivity index (χ1v) is 5.19. The largest absolute Gasteiger partial charge is 0.365 e.